The van der Waals surface area contributed by atoms with Gasteiger partial charge in [-0.25, -0.2) is 9.59 Å². The molecule has 146 heavy (non-hydrogen) atoms. The van der Waals surface area contributed by atoms with Crippen molar-refractivity contribution < 1.29 is 91.7 Å². The van der Waals surface area contributed by atoms with Crippen LogP contribution in [0.4, 0.5) is 9.59 Å². The molecule has 0 bridgehead atoms. The minimum Gasteiger partial charge on any atom is -0.508 e. The van der Waals surface area contributed by atoms with Gasteiger partial charge < -0.3 is 168 Å². The quantitative estimate of drug-likeness (QED) is 0.00845. The number of nitrogens with zero attached hydrogens (tertiary/aromatic N) is 1. The van der Waals surface area contributed by atoms with Crippen molar-refractivity contribution in [3.05, 3.63) is 108 Å². The van der Waals surface area contributed by atoms with Crippen LogP contribution in [0.5, 0.6) is 11.5 Å². The fourth-order valence-corrected chi connectivity index (χ4v) is 16.2. The van der Waals surface area contributed by atoms with Gasteiger partial charge in [-0.3, -0.25) is 93.6 Å². The van der Waals surface area contributed by atoms with Gasteiger partial charge in [0.1, 0.15) is 96.1 Å². The van der Waals surface area contributed by atoms with E-state index in [2.05, 4.69) is 126 Å². The molecule has 1 fully saturated rings. The number of nitrogens with one attached hydrogen (secondary N) is 23. The van der Waals surface area contributed by atoms with Gasteiger partial charge in [0.15, 0.2) is 23.8 Å². The van der Waals surface area contributed by atoms with Crippen molar-refractivity contribution in [1.82, 2.24) is 106 Å². The molecule has 1 saturated heterocycles. The van der Waals surface area contributed by atoms with E-state index in [-0.39, 0.29) is 229 Å². The average Bonchev–Trinajstić information content (AvgIpc) is 1.78. The molecule has 0 spiro atoms. The maximum absolute atomic E-state index is 15.4. The fourth-order valence-electron chi connectivity index (χ4n) is 15.7. The van der Waals surface area contributed by atoms with Crippen molar-refractivity contribution in [1.29, 1.82) is 21.6 Å². The smallest absolute Gasteiger partial charge is 0.312 e. The number of carbonyl (C=O) groups is 17. The third kappa shape index (κ3) is 45.7. The fraction of sp³-hybridized carbons (Fsp3) is 0.533. The average molecular weight is 2080 g/mol. The second-order valence-electron chi connectivity index (χ2n) is 34.9. The Hall–Kier alpha value is -15.0. The van der Waals surface area contributed by atoms with Crippen molar-refractivity contribution in [3.8, 4) is 11.5 Å². The van der Waals surface area contributed by atoms with Gasteiger partial charge in [-0.2, -0.15) is 25.3 Å². The normalized spacial score (nSPS) is 14.7. The Morgan fingerprint density at radius 2 is 0.616 bits per heavy atom. The van der Waals surface area contributed by atoms with Crippen LogP contribution in [0.25, 0.3) is 10.8 Å². The van der Waals surface area contributed by atoms with E-state index in [1.807, 2.05) is 18.2 Å². The molecule has 1 aliphatic rings. The van der Waals surface area contributed by atoms with Gasteiger partial charge in [-0.05, 0) is 193 Å². The number of phenols is 2. The van der Waals surface area contributed by atoms with Gasteiger partial charge in [-0.15, -0.1) is 0 Å². The lowest BCUT2D eigenvalue weighted by Gasteiger charge is -2.31. The number of aromatic hydroxyl groups is 2. The third-order valence-electron chi connectivity index (χ3n) is 23.3. The van der Waals surface area contributed by atoms with Gasteiger partial charge in [0, 0.05) is 83.5 Å². The highest BCUT2D eigenvalue weighted by Gasteiger charge is 2.42. The number of urea groups is 2. The molecule has 4 aromatic rings. The lowest BCUT2D eigenvalue weighted by Crippen LogP contribution is -2.61. The van der Waals surface area contributed by atoms with E-state index < -0.39 is 197 Å². The monoisotopic (exact) mass is 2080 g/mol. The summed E-state index contributed by atoms with van der Waals surface area (Å²) in [5.41, 5.74) is 51.5. The molecule has 804 valence electrons. The summed E-state index contributed by atoms with van der Waals surface area (Å²) in [7, 11) is 0. The van der Waals surface area contributed by atoms with Crippen LogP contribution in [0.1, 0.15) is 152 Å². The van der Waals surface area contributed by atoms with E-state index in [0.29, 0.717) is 29.5 Å². The summed E-state index contributed by atoms with van der Waals surface area (Å²) in [6.07, 6.45) is -0.329. The highest BCUT2D eigenvalue weighted by atomic mass is 32.1. The number of hydrogen-bond acceptors (Lipinski definition) is 27. The second-order valence-corrected chi connectivity index (χ2v) is 35.7. The molecule has 14 atom stereocenters. The molecule has 5 rings (SSSR count). The van der Waals surface area contributed by atoms with Gasteiger partial charge >= 0.3 is 12.1 Å². The molecule has 4 aromatic carbocycles. The van der Waals surface area contributed by atoms with E-state index in [1.54, 1.807) is 24.3 Å². The Bertz CT molecular complexity index is 5070. The number of primary amides is 3. The number of phenolic OH excluding ortho intramolecular Hbond substituents is 2. The van der Waals surface area contributed by atoms with Crippen molar-refractivity contribution in [2.45, 2.75) is 239 Å². The number of rotatable bonds is 67. The van der Waals surface area contributed by atoms with Crippen LogP contribution in [0, 0.1) is 21.6 Å². The zero-order valence-electron chi connectivity index (χ0n) is 81.7. The standard InChI is InChI=1S/C92H145N33O19S2/c1-51(126)112-60(20-9-39-107-88(98)99)74(130)115-64(22-11-41-109-90(102)103)78(134)120-69(48-54-26-31-55-15-2-3-16-56(55)45-54)82(138)124-71(50-146)84(140)121-67(46-52-27-32-57(127)33-28-52)80(136)117-63(23-12-42-110-91(104)143)75(131)114-61(17-4-6-36-93)77(133)119-66(18-5-7-37-94)86(142)125-44-14-25-72(125)85(141)122-68(47-53-29-34-58(128)35-30-53)81(137)118-62(21-10-40-108-89(100)101)76(132)116-65(24-13-43-111-92(105)144)79(135)123-70(49-145)83(139)113-59(73(95)129)19-8-38-106-87(96)97/h2-3,15-16,26-35,45,59-72,127-128,145-146H,4-14,17-25,36-44,46-50,93-94H2,1H3,(H2,95,129)(H,112,126)(H,113,139)(H,114,131)(H,115,130)(H,116,132)(H,117,136)(H,118,137)(H,119,133)(H,120,134)(H,121,140)(H,122,141)(H,123,135)(H,124,138)(H4,96,97,106)(H4,98,99,107)(H4,100,101,108)(H4,102,103,109)(H3,104,110,143)(H3,105,111,144)/t59-,60-,61-,62-,63-,64-,65-,66+,67-,68-,69-,70-,71-,72-/m0/s1. The molecule has 1 aliphatic heterocycles. The Balaban J connectivity index is 1.48. The molecule has 0 aromatic heterocycles. The zero-order valence-corrected chi connectivity index (χ0v) is 83.4. The number of unbranched alkanes of at least 4 members (excludes halogenated alkanes) is 2. The predicted octanol–water partition coefficient (Wildman–Crippen LogP) is -6.85. The summed E-state index contributed by atoms with van der Waals surface area (Å²) >= 11 is 8.72. The number of benzene rings is 4. The number of fused-ring (bicyclic) bond motifs is 1. The topological polar surface area (TPSA) is 892 Å². The molecule has 52 nitrogen and oxygen atoms in total. The molecular formula is C92H145N33O19S2. The molecular weight excluding hydrogens is 1940 g/mol. The first kappa shape index (κ1) is 122. The molecule has 0 unspecified atom stereocenters. The van der Waals surface area contributed by atoms with Crippen LogP contribution in [0.3, 0.4) is 0 Å². The lowest BCUT2D eigenvalue weighted by atomic mass is 10.00. The van der Waals surface area contributed by atoms with E-state index in [4.69, 9.17) is 73.2 Å². The maximum atomic E-state index is 15.4. The number of carbonyl (C=O) groups excluding carboxylic acids is 17. The van der Waals surface area contributed by atoms with Crippen LogP contribution >= 0.6 is 25.3 Å². The molecule has 0 radical (unpaired) electrons. The summed E-state index contributed by atoms with van der Waals surface area (Å²) in [4.78, 5) is 243. The summed E-state index contributed by atoms with van der Waals surface area (Å²) in [6, 6.07) is 0.829. The van der Waals surface area contributed by atoms with Gasteiger partial charge in [0.25, 0.3) is 0 Å². The van der Waals surface area contributed by atoms with Crippen molar-refractivity contribution in [2.75, 3.05) is 70.4 Å². The number of likely N-dealkylation sites (tertiary alicyclic amines) is 1. The molecule has 43 N–H and O–H groups in total. The Morgan fingerprint density at radius 1 is 0.336 bits per heavy atom. The van der Waals surface area contributed by atoms with Gasteiger partial charge in [0.05, 0.1) is 0 Å². The van der Waals surface area contributed by atoms with Crippen molar-refractivity contribution in [3.63, 3.8) is 0 Å². The molecule has 0 aliphatic carbocycles. The molecule has 54 heteroatoms. The largest absolute Gasteiger partial charge is 0.508 e. The van der Waals surface area contributed by atoms with E-state index in [0.717, 1.165) is 10.8 Å². The SMILES string of the molecule is CC(=O)N[C@@H](CCCNC(=N)N)C(=O)N[C@@H](CCCNC(=N)N)C(=O)N[C@@H](Cc1ccc2ccccc2c1)C(=O)N[C@@H](CS)C(=O)N[C@@H](Cc1ccc(O)cc1)C(=O)N[C@@H](CCCNC(N)=O)C(=O)N[C@@H](CCCCN)C(=O)N[C@H](CCCCN)C(=O)N1CCC[C@H]1C(=O)N[C@@H](Cc1ccc(O)cc1)C(=O)N[C@@H](CCCNC(=N)N)C(=O)N[C@@H](CCCNC(N)=O)C(=O)N[C@@H](CS)C(=O)N[C@@H](CCCNC(=N)N)C(N)=O. The lowest BCUT2D eigenvalue weighted by molar-refractivity contribution is -0.142. The first-order chi connectivity index (χ1) is 69.5. The Labute approximate surface area is 855 Å². The zero-order chi connectivity index (χ0) is 108. The number of nitrogens with two attached hydrogens (primary N) is 9. The number of amides is 19. The van der Waals surface area contributed by atoms with Crippen molar-refractivity contribution >= 4 is 161 Å². The molecule has 0 saturated carbocycles. The van der Waals surface area contributed by atoms with Gasteiger partial charge in [-0.1, -0.05) is 66.7 Å². The van der Waals surface area contributed by atoms with Crippen LogP contribution in [-0.2, 0) is 91.2 Å². The minimum atomic E-state index is -1.67. The summed E-state index contributed by atoms with van der Waals surface area (Å²) in [6.45, 7) is 1.40. The highest BCUT2D eigenvalue weighted by molar-refractivity contribution is 7.80. The summed E-state index contributed by atoms with van der Waals surface area (Å²) in [5.74, 6) is -16.4. The summed E-state index contributed by atoms with van der Waals surface area (Å²) < 4.78 is 0. The second kappa shape index (κ2) is 65.3. The van der Waals surface area contributed by atoms with Crippen LogP contribution in [0.15, 0.2) is 91.0 Å². The molecule has 1 heterocycles. The first-order valence-corrected chi connectivity index (χ1v) is 49.3. The Kier molecular flexibility index (Phi) is 54.4. The number of hydrogen-bond donors (Lipinski definition) is 36. The number of guanidine groups is 4. The van der Waals surface area contributed by atoms with E-state index in [9.17, 15) is 58.2 Å². The van der Waals surface area contributed by atoms with Crippen molar-refractivity contribution in [2.24, 2.45) is 51.6 Å². The third-order valence-corrected chi connectivity index (χ3v) is 24.0. The van der Waals surface area contributed by atoms with Crippen LogP contribution in [-0.4, -0.2) is 295 Å². The highest BCUT2D eigenvalue weighted by Crippen LogP contribution is 2.24. The molecule has 19 amide bonds. The van der Waals surface area contributed by atoms with Gasteiger partial charge in [0.2, 0.25) is 88.6 Å². The van der Waals surface area contributed by atoms with Crippen LogP contribution < -0.4 is 153 Å². The van der Waals surface area contributed by atoms with E-state index >= 15 is 33.6 Å². The Morgan fingerprint density at radius 3 is 0.959 bits per heavy atom. The predicted molar refractivity (Wildman–Crippen MR) is 550 cm³/mol. The maximum Gasteiger partial charge on any atom is 0.312 e. The van der Waals surface area contributed by atoms with E-state index in [1.165, 1.54) is 60.4 Å². The first-order valence-electron chi connectivity index (χ1n) is 48.1. The van der Waals surface area contributed by atoms with Crippen LogP contribution in [0.2, 0.25) is 0 Å². The summed E-state index contributed by atoms with van der Waals surface area (Å²) in [5, 5.41) is 102. The number of thiol groups is 2. The minimum absolute atomic E-state index is 0.00354.